The summed E-state index contributed by atoms with van der Waals surface area (Å²) in [5, 5.41) is 6.46. The average molecular weight is 376 g/mol. The van der Waals surface area contributed by atoms with Gasteiger partial charge in [-0.15, -0.1) is 11.3 Å². The second-order valence-corrected chi connectivity index (χ2v) is 8.73. The number of fused-ring (bicyclic) bond motifs is 1. The number of likely N-dealkylation sites (tertiary alicyclic amines) is 1. The van der Waals surface area contributed by atoms with Gasteiger partial charge in [0.1, 0.15) is 12.2 Å². The van der Waals surface area contributed by atoms with Crippen LogP contribution in [0.3, 0.4) is 0 Å². The fourth-order valence-electron chi connectivity index (χ4n) is 3.80. The SMILES string of the molecule is CC(C)Cn1nc2n(c(=O)c1=O)CC1(CCN(Cc3cccs3)C1)OC2. The summed E-state index contributed by atoms with van der Waals surface area (Å²) in [6, 6.07) is 4.20. The van der Waals surface area contributed by atoms with Crippen LogP contribution in [-0.2, 0) is 31.0 Å². The van der Waals surface area contributed by atoms with Crippen molar-refractivity contribution in [2.24, 2.45) is 5.92 Å². The maximum atomic E-state index is 12.6. The molecule has 0 N–H and O–H groups in total. The Bertz CT molecular complexity index is 902. The lowest BCUT2D eigenvalue weighted by Crippen LogP contribution is -2.53. The molecule has 0 aromatic carbocycles. The molecule has 1 atom stereocenters. The molecule has 4 heterocycles. The Labute approximate surface area is 155 Å². The molecule has 1 fully saturated rings. The first-order valence-electron chi connectivity index (χ1n) is 9.05. The molecule has 2 aliphatic heterocycles. The van der Waals surface area contributed by atoms with Gasteiger partial charge in [0.15, 0.2) is 5.82 Å². The van der Waals surface area contributed by atoms with Crippen LogP contribution in [0, 0.1) is 5.92 Å². The summed E-state index contributed by atoms with van der Waals surface area (Å²) < 4.78 is 9.01. The first kappa shape index (κ1) is 17.6. The Hall–Kier alpha value is -1.77. The van der Waals surface area contributed by atoms with Crippen LogP contribution in [0.25, 0.3) is 0 Å². The molecule has 7 nitrogen and oxygen atoms in total. The van der Waals surface area contributed by atoms with Gasteiger partial charge in [-0.05, 0) is 23.8 Å². The molecule has 1 saturated heterocycles. The van der Waals surface area contributed by atoms with Gasteiger partial charge in [-0.2, -0.15) is 5.10 Å². The largest absolute Gasteiger partial charge is 0.364 e. The van der Waals surface area contributed by atoms with Crippen LogP contribution in [0.15, 0.2) is 27.1 Å². The fourth-order valence-corrected chi connectivity index (χ4v) is 4.55. The van der Waals surface area contributed by atoms with E-state index in [1.165, 1.54) is 14.1 Å². The summed E-state index contributed by atoms with van der Waals surface area (Å²) in [6.07, 6.45) is 0.860. The summed E-state index contributed by atoms with van der Waals surface area (Å²) >= 11 is 1.75. The fraction of sp³-hybridized carbons (Fsp3) is 0.611. The molecular formula is C18H24N4O3S. The summed E-state index contributed by atoms with van der Waals surface area (Å²) in [4.78, 5) is 28.7. The number of rotatable bonds is 4. The van der Waals surface area contributed by atoms with E-state index in [-0.39, 0.29) is 12.5 Å². The first-order chi connectivity index (χ1) is 12.5. The smallest absolute Gasteiger partial charge is 0.332 e. The van der Waals surface area contributed by atoms with E-state index in [1.54, 1.807) is 11.3 Å². The number of aromatic nitrogens is 3. The van der Waals surface area contributed by atoms with Crippen LogP contribution < -0.4 is 11.1 Å². The highest BCUT2D eigenvalue weighted by Crippen LogP contribution is 2.32. The molecule has 1 spiro atoms. The third kappa shape index (κ3) is 3.28. The van der Waals surface area contributed by atoms with Crippen LogP contribution in [0.5, 0.6) is 0 Å². The number of thiophene rings is 1. The summed E-state index contributed by atoms with van der Waals surface area (Å²) in [5.74, 6) is 0.803. The first-order valence-corrected chi connectivity index (χ1v) is 9.93. The highest BCUT2D eigenvalue weighted by atomic mass is 32.1. The van der Waals surface area contributed by atoms with E-state index in [4.69, 9.17) is 4.74 Å². The van der Waals surface area contributed by atoms with Gasteiger partial charge in [-0.25, -0.2) is 4.68 Å². The molecule has 0 aliphatic carbocycles. The molecule has 2 aromatic rings. The van der Waals surface area contributed by atoms with E-state index in [2.05, 4.69) is 27.5 Å². The van der Waals surface area contributed by atoms with Crippen molar-refractivity contribution < 1.29 is 4.74 Å². The molecule has 1 unspecified atom stereocenters. The minimum absolute atomic E-state index is 0.249. The van der Waals surface area contributed by atoms with E-state index in [0.717, 1.165) is 26.1 Å². The van der Waals surface area contributed by atoms with Crippen molar-refractivity contribution in [3.8, 4) is 0 Å². The lowest BCUT2D eigenvalue weighted by atomic mass is 10.0. The van der Waals surface area contributed by atoms with E-state index in [1.807, 2.05) is 13.8 Å². The molecule has 140 valence electrons. The zero-order valence-electron chi connectivity index (χ0n) is 15.2. The van der Waals surface area contributed by atoms with E-state index in [9.17, 15) is 9.59 Å². The Morgan fingerprint density at radius 1 is 1.31 bits per heavy atom. The van der Waals surface area contributed by atoms with Crippen LogP contribution in [-0.4, -0.2) is 37.9 Å². The molecule has 0 saturated carbocycles. The van der Waals surface area contributed by atoms with Gasteiger partial charge in [0.25, 0.3) is 0 Å². The highest BCUT2D eigenvalue weighted by molar-refractivity contribution is 7.09. The second kappa shape index (κ2) is 6.75. The maximum Gasteiger partial charge on any atom is 0.332 e. The van der Waals surface area contributed by atoms with Crippen molar-refractivity contribution in [3.63, 3.8) is 0 Å². The van der Waals surface area contributed by atoms with Crippen molar-refractivity contribution >= 4 is 11.3 Å². The van der Waals surface area contributed by atoms with E-state index >= 15 is 0 Å². The van der Waals surface area contributed by atoms with Crippen LogP contribution in [0.4, 0.5) is 0 Å². The molecule has 0 bridgehead atoms. The molecule has 2 aliphatic rings. The molecule has 0 amide bonds. The molecule has 26 heavy (non-hydrogen) atoms. The van der Waals surface area contributed by atoms with Gasteiger partial charge < -0.3 is 4.74 Å². The zero-order valence-corrected chi connectivity index (χ0v) is 16.0. The third-order valence-corrected chi connectivity index (χ3v) is 5.92. The molecule has 8 heteroatoms. The molecule has 0 radical (unpaired) electrons. The minimum Gasteiger partial charge on any atom is -0.364 e. The summed E-state index contributed by atoms with van der Waals surface area (Å²) in [7, 11) is 0. The summed E-state index contributed by atoms with van der Waals surface area (Å²) in [6.45, 7) is 7.73. The van der Waals surface area contributed by atoms with Gasteiger partial charge >= 0.3 is 11.1 Å². The number of hydrogen-bond donors (Lipinski definition) is 0. The number of nitrogens with zero attached hydrogens (tertiary/aromatic N) is 4. The van der Waals surface area contributed by atoms with Gasteiger partial charge in [-0.3, -0.25) is 19.1 Å². The number of ether oxygens (including phenoxy) is 1. The maximum absolute atomic E-state index is 12.6. The topological polar surface area (TPSA) is 69.4 Å². The van der Waals surface area contributed by atoms with Crippen molar-refractivity contribution in [2.75, 3.05) is 13.1 Å². The van der Waals surface area contributed by atoms with Crippen molar-refractivity contribution in [1.82, 2.24) is 19.2 Å². The quantitative estimate of drug-likeness (QED) is 0.753. The molecular weight excluding hydrogens is 352 g/mol. The lowest BCUT2D eigenvalue weighted by Gasteiger charge is -2.35. The monoisotopic (exact) mass is 376 g/mol. The van der Waals surface area contributed by atoms with Crippen LogP contribution >= 0.6 is 11.3 Å². The predicted molar refractivity (Wildman–Crippen MR) is 99.3 cm³/mol. The van der Waals surface area contributed by atoms with Gasteiger partial charge in [0.05, 0.1) is 6.54 Å². The molecule has 2 aromatic heterocycles. The Morgan fingerprint density at radius 3 is 2.88 bits per heavy atom. The second-order valence-electron chi connectivity index (χ2n) is 7.70. The van der Waals surface area contributed by atoms with Gasteiger partial charge in [-0.1, -0.05) is 19.9 Å². The zero-order chi connectivity index (χ0) is 18.3. The lowest BCUT2D eigenvalue weighted by molar-refractivity contribution is -0.0859. The number of hydrogen-bond acceptors (Lipinski definition) is 6. The Balaban J connectivity index is 1.55. The Morgan fingerprint density at radius 2 is 2.15 bits per heavy atom. The van der Waals surface area contributed by atoms with Crippen LogP contribution in [0.2, 0.25) is 0 Å². The van der Waals surface area contributed by atoms with Gasteiger partial charge in [0, 0.05) is 31.1 Å². The molecule has 4 rings (SSSR count). The van der Waals surface area contributed by atoms with Crippen LogP contribution in [0.1, 0.15) is 31.0 Å². The average Bonchev–Trinajstić information content (AvgIpc) is 3.24. The standard InChI is InChI=1S/C18H24N4O3S/c1-13(2)8-22-17(24)16(23)21-12-18(25-10-15(21)19-22)5-6-20(11-18)9-14-4-3-7-26-14/h3-4,7,13H,5-6,8-12H2,1-2H3. The van der Waals surface area contributed by atoms with E-state index < -0.39 is 16.7 Å². The van der Waals surface area contributed by atoms with E-state index in [0.29, 0.717) is 18.9 Å². The third-order valence-electron chi connectivity index (χ3n) is 5.06. The highest BCUT2D eigenvalue weighted by Gasteiger charge is 2.43. The minimum atomic E-state index is -0.534. The normalized spacial score (nSPS) is 23.0. The Kier molecular flexibility index (Phi) is 4.58. The van der Waals surface area contributed by atoms with Crippen molar-refractivity contribution in [1.29, 1.82) is 0 Å². The van der Waals surface area contributed by atoms with Crippen molar-refractivity contribution in [3.05, 3.63) is 48.9 Å². The van der Waals surface area contributed by atoms with Gasteiger partial charge in [0.2, 0.25) is 0 Å². The summed E-state index contributed by atoms with van der Waals surface area (Å²) in [5.41, 5.74) is -1.41. The van der Waals surface area contributed by atoms with Crippen molar-refractivity contribution in [2.45, 2.75) is 52.1 Å². The predicted octanol–water partition coefficient (Wildman–Crippen LogP) is 1.30.